The summed E-state index contributed by atoms with van der Waals surface area (Å²) in [5, 5.41) is 13.9. The summed E-state index contributed by atoms with van der Waals surface area (Å²) in [5.41, 5.74) is -0.175. The third kappa shape index (κ3) is 2.94. The van der Waals surface area contributed by atoms with E-state index in [-0.39, 0.29) is 0 Å². The number of piperazine rings is 1. The van der Waals surface area contributed by atoms with Crippen LogP contribution in [0.4, 0.5) is 5.82 Å². The van der Waals surface area contributed by atoms with Crippen molar-refractivity contribution in [3.8, 4) is 0 Å². The number of aromatic nitrogens is 1. The molecule has 0 spiro atoms. The maximum atomic E-state index is 9.93. The molecule has 0 aliphatic carbocycles. The Morgan fingerprint density at radius 3 is 2.83 bits per heavy atom. The smallest absolute Gasteiger partial charge is 0.147 e. The van der Waals surface area contributed by atoms with E-state index >= 15 is 0 Å². The fourth-order valence-electron chi connectivity index (χ4n) is 2.12. The molecule has 1 atom stereocenters. The molecular formula is C13H20ClN3O. The predicted octanol–water partition coefficient (Wildman–Crippen LogP) is 1.76. The first kappa shape index (κ1) is 13.6. The molecule has 0 bridgehead atoms. The van der Waals surface area contributed by atoms with Crippen LogP contribution in [-0.2, 0) is 5.60 Å². The summed E-state index contributed by atoms with van der Waals surface area (Å²) in [6.07, 6.45) is 1.70. The Kier molecular flexibility index (Phi) is 3.80. The van der Waals surface area contributed by atoms with Crippen LogP contribution in [0, 0.1) is 0 Å². The van der Waals surface area contributed by atoms with Gasteiger partial charge in [0.15, 0.2) is 0 Å². The van der Waals surface area contributed by atoms with Gasteiger partial charge in [0.1, 0.15) is 5.82 Å². The van der Waals surface area contributed by atoms with E-state index in [2.05, 4.69) is 22.1 Å². The molecule has 5 heteroatoms. The SMILES string of the molecule is C[C@@H]1CN(c2ncc(C(C)(C)O)cc2Cl)CCN1. The molecule has 1 aromatic rings. The minimum absolute atomic E-state index is 0.436. The number of anilines is 1. The lowest BCUT2D eigenvalue weighted by molar-refractivity contribution is 0.0782. The summed E-state index contributed by atoms with van der Waals surface area (Å²) in [4.78, 5) is 6.59. The van der Waals surface area contributed by atoms with Gasteiger partial charge in [-0.25, -0.2) is 4.98 Å². The molecule has 0 aromatic carbocycles. The van der Waals surface area contributed by atoms with Gasteiger partial charge in [0.05, 0.1) is 10.6 Å². The van der Waals surface area contributed by atoms with Crippen molar-refractivity contribution >= 4 is 17.4 Å². The zero-order valence-corrected chi connectivity index (χ0v) is 11.8. The standard InChI is InChI=1S/C13H20ClN3O/c1-9-8-17(5-4-15-9)12-11(14)6-10(7-16-12)13(2,3)18/h6-7,9,15,18H,4-5,8H2,1-3H3/t9-/m1/s1. The average Bonchev–Trinajstić information content (AvgIpc) is 2.27. The number of nitrogens with zero attached hydrogens (tertiary/aromatic N) is 2. The zero-order chi connectivity index (χ0) is 13.3. The Labute approximate surface area is 113 Å². The van der Waals surface area contributed by atoms with E-state index in [0.717, 1.165) is 31.0 Å². The monoisotopic (exact) mass is 269 g/mol. The van der Waals surface area contributed by atoms with Crippen LogP contribution in [-0.4, -0.2) is 35.8 Å². The maximum absolute atomic E-state index is 9.93. The highest BCUT2D eigenvalue weighted by Crippen LogP contribution is 2.29. The normalized spacial score (nSPS) is 21.2. The second kappa shape index (κ2) is 5.03. The largest absolute Gasteiger partial charge is 0.386 e. The Hall–Kier alpha value is -0.840. The van der Waals surface area contributed by atoms with Gasteiger partial charge in [0.25, 0.3) is 0 Å². The van der Waals surface area contributed by atoms with Crippen molar-refractivity contribution in [3.63, 3.8) is 0 Å². The molecule has 1 saturated heterocycles. The molecule has 0 amide bonds. The lowest BCUT2D eigenvalue weighted by Gasteiger charge is -2.33. The molecule has 0 unspecified atom stereocenters. The van der Waals surface area contributed by atoms with Crippen LogP contribution >= 0.6 is 11.6 Å². The van der Waals surface area contributed by atoms with Crippen LogP contribution in [0.15, 0.2) is 12.3 Å². The molecule has 18 heavy (non-hydrogen) atoms. The molecular weight excluding hydrogens is 250 g/mol. The van der Waals surface area contributed by atoms with Crippen LogP contribution < -0.4 is 10.2 Å². The Morgan fingerprint density at radius 1 is 1.56 bits per heavy atom. The molecule has 0 radical (unpaired) electrons. The summed E-state index contributed by atoms with van der Waals surface area (Å²) < 4.78 is 0. The minimum Gasteiger partial charge on any atom is -0.386 e. The van der Waals surface area contributed by atoms with Crippen LogP contribution in [0.2, 0.25) is 5.02 Å². The van der Waals surface area contributed by atoms with E-state index in [1.165, 1.54) is 0 Å². The van der Waals surface area contributed by atoms with E-state index in [4.69, 9.17) is 11.6 Å². The van der Waals surface area contributed by atoms with Crippen molar-refractivity contribution in [1.82, 2.24) is 10.3 Å². The van der Waals surface area contributed by atoms with Gasteiger partial charge >= 0.3 is 0 Å². The van der Waals surface area contributed by atoms with Crippen molar-refractivity contribution in [2.45, 2.75) is 32.4 Å². The van der Waals surface area contributed by atoms with Gasteiger partial charge in [-0.2, -0.15) is 0 Å². The van der Waals surface area contributed by atoms with Crippen LogP contribution in [0.3, 0.4) is 0 Å². The first-order chi connectivity index (χ1) is 8.38. The molecule has 2 N–H and O–H groups in total. The van der Waals surface area contributed by atoms with E-state index < -0.39 is 5.60 Å². The summed E-state index contributed by atoms with van der Waals surface area (Å²) in [6, 6.07) is 2.24. The van der Waals surface area contributed by atoms with Crippen molar-refractivity contribution in [2.24, 2.45) is 0 Å². The highest BCUT2D eigenvalue weighted by atomic mass is 35.5. The van der Waals surface area contributed by atoms with Gasteiger partial charge in [-0.05, 0) is 26.8 Å². The quantitative estimate of drug-likeness (QED) is 0.859. The third-order valence-corrected chi connectivity index (χ3v) is 3.47. The minimum atomic E-state index is -0.911. The Balaban J connectivity index is 2.24. The molecule has 100 valence electrons. The molecule has 2 rings (SSSR count). The van der Waals surface area contributed by atoms with Crippen molar-refractivity contribution in [3.05, 3.63) is 22.8 Å². The first-order valence-electron chi connectivity index (χ1n) is 6.24. The molecule has 1 aliphatic rings. The molecule has 4 nitrogen and oxygen atoms in total. The van der Waals surface area contributed by atoms with Crippen molar-refractivity contribution in [2.75, 3.05) is 24.5 Å². The maximum Gasteiger partial charge on any atom is 0.147 e. The van der Waals surface area contributed by atoms with E-state index in [1.807, 2.05) is 0 Å². The van der Waals surface area contributed by atoms with Crippen LogP contribution in [0.1, 0.15) is 26.3 Å². The number of halogens is 1. The van der Waals surface area contributed by atoms with E-state index in [0.29, 0.717) is 11.1 Å². The Bertz CT molecular complexity index is 431. The fraction of sp³-hybridized carbons (Fsp3) is 0.615. The van der Waals surface area contributed by atoms with Gasteiger partial charge in [-0.3, -0.25) is 0 Å². The molecule has 2 heterocycles. The van der Waals surface area contributed by atoms with Crippen LogP contribution in [0.5, 0.6) is 0 Å². The van der Waals surface area contributed by atoms with E-state index in [1.54, 1.807) is 26.1 Å². The average molecular weight is 270 g/mol. The second-order valence-electron chi connectivity index (χ2n) is 5.39. The van der Waals surface area contributed by atoms with E-state index in [9.17, 15) is 5.11 Å². The summed E-state index contributed by atoms with van der Waals surface area (Å²) in [7, 11) is 0. The fourth-order valence-corrected chi connectivity index (χ4v) is 2.41. The van der Waals surface area contributed by atoms with Crippen LogP contribution in [0.25, 0.3) is 0 Å². The van der Waals surface area contributed by atoms with Gasteiger partial charge in [-0.15, -0.1) is 0 Å². The second-order valence-corrected chi connectivity index (χ2v) is 5.80. The summed E-state index contributed by atoms with van der Waals surface area (Å²) in [6.45, 7) is 8.34. The number of nitrogens with one attached hydrogen (secondary N) is 1. The van der Waals surface area contributed by atoms with Gasteiger partial charge in [0.2, 0.25) is 0 Å². The lowest BCUT2D eigenvalue weighted by Crippen LogP contribution is -2.49. The first-order valence-corrected chi connectivity index (χ1v) is 6.62. The van der Waals surface area contributed by atoms with Gasteiger partial charge < -0.3 is 15.3 Å². The summed E-state index contributed by atoms with van der Waals surface area (Å²) >= 11 is 6.28. The third-order valence-electron chi connectivity index (χ3n) is 3.20. The summed E-state index contributed by atoms with van der Waals surface area (Å²) in [5.74, 6) is 0.804. The predicted molar refractivity (Wildman–Crippen MR) is 74.2 cm³/mol. The number of hydrogen-bond acceptors (Lipinski definition) is 4. The van der Waals surface area contributed by atoms with Gasteiger partial charge in [0, 0.05) is 37.4 Å². The number of hydrogen-bond donors (Lipinski definition) is 2. The highest BCUT2D eigenvalue weighted by molar-refractivity contribution is 6.33. The zero-order valence-electron chi connectivity index (χ0n) is 11.1. The number of rotatable bonds is 2. The molecule has 1 aliphatic heterocycles. The molecule has 1 aromatic heterocycles. The molecule has 0 saturated carbocycles. The Morgan fingerprint density at radius 2 is 2.28 bits per heavy atom. The lowest BCUT2D eigenvalue weighted by atomic mass is 10.0. The molecule has 1 fully saturated rings. The number of pyridine rings is 1. The highest BCUT2D eigenvalue weighted by Gasteiger charge is 2.22. The van der Waals surface area contributed by atoms with Gasteiger partial charge in [-0.1, -0.05) is 11.6 Å². The topological polar surface area (TPSA) is 48.4 Å². The van der Waals surface area contributed by atoms with Crippen molar-refractivity contribution in [1.29, 1.82) is 0 Å². The van der Waals surface area contributed by atoms with Crippen molar-refractivity contribution < 1.29 is 5.11 Å². The number of aliphatic hydroxyl groups is 1.